The van der Waals surface area contributed by atoms with Crippen molar-refractivity contribution in [3.8, 4) is 0 Å². The fraction of sp³-hybridized carbons (Fsp3) is 0.400. The highest BCUT2D eigenvalue weighted by molar-refractivity contribution is 9.10. The molecular formula is C10H7BrF6. The van der Waals surface area contributed by atoms with E-state index in [0.717, 1.165) is 0 Å². The summed E-state index contributed by atoms with van der Waals surface area (Å²) in [4.78, 5) is 0. The molecule has 0 saturated heterocycles. The number of rotatable bonds is 3. The lowest BCUT2D eigenvalue weighted by Gasteiger charge is -2.22. The first-order valence-electron chi connectivity index (χ1n) is 4.46. The second kappa shape index (κ2) is 4.88. The van der Waals surface area contributed by atoms with Gasteiger partial charge in [-0.3, -0.25) is 0 Å². The Morgan fingerprint density at radius 1 is 1.00 bits per heavy atom. The van der Waals surface area contributed by atoms with Crippen LogP contribution in [-0.2, 0) is 6.42 Å². The van der Waals surface area contributed by atoms with Crippen LogP contribution in [0, 0.1) is 0 Å². The molecule has 1 atom stereocenters. The molecule has 17 heavy (non-hydrogen) atoms. The quantitative estimate of drug-likeness (QED) is 0.718. The second-order valence-electron chi connectivity index (χ2n) is 3.47. The fourth-order valence-corrected chi connectivity index (χ4v) is 1.47. The van der Waals surface area contributed by atoms with Gasteiger partial charge in [0, 0.05) is 10.9 Å². The first kappa shape index (κ1) is 14.3. The van der Waals surface area contributed by atoms with Crippen molar-refractivity contribution >= 4 is 15.9 Å². The molecule has 0 radical (unpaired) electrons. The van der Waals surface area contributed by atoms with Crippen LogP contribution in [0.5, 0.6) is 0 Å². The van der Waals surface area contributed by atoms with Crippen molar-refractivity contribution in [3.05, 3.63) is 34.3 Å². The molecule has 1 rings (SSSR count). The van der Waals surface area contributed by atoms with Crippen LogP contribution < -0.4 is 0 Å². The summed E-state index contributed by atoms with van der Waals surface area (Å²) in [5.74, 6) is -4.47. The molecule has 0 aliphatic carbocycles. The van der Waals surface area contributed by atoms with Crippen molar-refractivity contribution in [2.24, 2.45) is 0 Å². The molecule has 0 amide bonds. The molecule has 1 unspecified atom stereocenters. The highest BCUT2D eigenvalue weighted by Crippen LogP contribution is 2.37. The first-order valence-corrected chi connectivity index (χ1v) is 5.25. The van der Waals surface area contributed by atoms with Crippen molar-refractivity contribution in [1.29, 1.82) is 0 Å². The Labute approximate surface area is 102 Å². The van der Waals surface area contributed by atoms with E-state index in [1.54, 1.807) is 0 Å². The van der Waals surface area contributed by atoms with Gasteiger partial charge in [0.2, 0.25) is 0 Å². The lowest BCUT2D eigenvalue weighted by Crippen LogP contribution is -2.43. The maximum Gasteiger partial charge on any atom is 0.425 e. The highest BCUT2D eigenvalue weighted by atomic mass is 79.9. The summed E-state index contributed by atoms with van der Waals surface area (Å²) in [6, 6.07) is 5.21. The minimum absolute atomic E-state index is 0.0647. The number of hydrogen-bond donors (Lipinski definition) is 0. The molecule has 96 valence electrons. The standard InChI is InChI=1S/C10H7BrF6/c11-7-3-1-6(2-4-7)5-9(13,14)8(12)10(15,16)17/h1-4,8H,5H2. The van der Waals surface area contributed by atoms with Crippen molar-refractivity contribution in [3.63, 3.8) is 0 Å². The van der Waals surface area contributed by atoms with Gasteiger partial charge in [0.15, 0.2) is 0 Å². The predicted molar refractivity (Wildman–Crippen MR) is 53.7 cm³/mol. The van der Waals surface area contributed by atoms with Crippen molar-refractivity contribution in [2.45, 2.75) is 24.7 Å². The van der Waals surface area contributed by atoms with Crippen molar-refractivity contribution in [2.75, 3.05) is 0 Å². The summed E-state index contributed by atoms with van der Waals surface area (Å²) in [6.07, 6.45) is -11.0. The molecule has 0 N–H and O–H groups in total. The van der Waals surface area contributed by atoms with Crippen LogP contribution in [0.2, 0.25) is 0 Å². The Hall–Kier alpha value is -0.720. The summed E-state index contributed by atoms with van der Waals surface area (Å²) in [6.45, 7) is 0. The minimum Gasteiger partial charge on any atom is -0.231 e. The zero-order chi connectivity index (χ0) is 13.3. The minimum atomic E-state index is -5.56. The molecule has 0 spiro atoms. The van der Waals surface area contributed by atoms with Gasteiger partial charge in [0.1, 0.15) is 0 Å². The van der Waals surface area contributed by atoms with Gasteiger partial charge in [-0.1, -0.05) is 28.1 Å². The van der Waals surface area contributed by atoms with E-state index < -0.39 is 24.7 Å². The third-order valence-electron chi connectivity index (χ3n) is 2.01. The van der Waals surface area contributed by atoms with Gasteiger partial charge < -0.3 is 0 Å². The van der Waals surface area contributed by atoms with Gasteiger partial charge in [-0.15, -0.1) is 0 Å². The lowest BCUT2D eigenvalue weighted by molar-refractivity contribution is -0.243. The smallest absolute Gasteiger partial charge is 0.231 e. The molecule has 7 heteroatoms. The second-order valence-corrected chi connectivity index (χ2v) is 4.38. The molecule has 0 fully saturated rings. The first-order chi connectivity index (χ1) is 7.63. The molecule has 0 saturated carbocycles. The molecular weight excluding hydrogens is 314 g/mol. The molecule has 0 aromatic heterocycles. The zero-order valence-electron chi connectivity index (χ0n) is 8.24. The monoisotopic (exact) mass is 320 g/mol. The van der Waals surface area contributed by atoms with Gasteiger partial charge in [-0.25, -0.2) is 13.2 Å². The van der Waals surface area contributed by atoms with E-state index in [2.05, 4.69) is 15.9 Å². The van der Waals surface area contributed by atoms with E-state index in [4.69, 9.17) is 0 Å². The molecule has 1 aromatic rings. The summed E-state index contributed by atoms with van der Waals surface area (Å²) in [7, 11) is 0. The van der Waals surface area contributed by atoms with E-state index in [0.29, 0.717) is 4.47 Å². The Morgan fingerprint density at radius 2 is 1.47 bits per heavy atom. The summed E-state index contributed by atoms with van der Waals surface area (Å²) < 4.78 is 74.7. The Bertz CT molecular complexity index is 369. The topological polar surface area (TPSA) is 0 Å². The Balaban J connectivity index is 2.82. The summed E-state index contributed by atoms with van der Waals surface area (Å²) in [5.41, 5.74) is -0.0647. The number of alkyl halides is 6. The Kier molecular flexibility index (Phi) is 4.11. The van der Waals surface area contributed by atoms with Crippen molar-refractivity contribution < 1.29 is 26.3 Å². The highest BCUT2D eigenvalue weighted by Gasteiger charge is 2.56. The summed E-state index contributed by atoms with van der Waals surface area (Å²) >= 11 is 3.04. The largest absolute Gasteiger partial charge is 0.425 e. The number of hydrogen-bond acceptors (Lipinski definition) is 0. The molecule has 0 bridgehead atoms. The SMILES string of the molecule is FC(C(F)(F)F)C(F)(F)Cc1ccc(Br)cc1. The van der Waals surface area contributed by atoms with E-state index in [-0.39, 0.29) is 5.56 Å². The van der Waals surface area contributed by atoms with Crippen LogP contribution in [0.4, 0.5) is 26.3 Å². The normalized spacial score (nSPS) is 14.8. The van der Waals surface area contributed by atoms with Crippen LogP contribution >= 0.6 is 15.9 Å². The average Bonchev–Trinajstić information content (AvgIpc) is 2.19. The maximum atomic E-state index is 13.0. The lowest BCUT2D eigenvalue weighted by atomic mass is 10.0. The molecule has 0 nitrogen and oxygen atoms in total. The van der Waals surface area contributed by atoms with Crippen LogP contribution in [0.25, 0.3) is 0 Å². The third-order valence-corrected chi connectivity index (χ3v) is 2.54. The maximum absolute atomic E-state index is 13.0. The van der Waals surface area contributed by atoms with Gasteiger partial charge in [-0.05, 0) is 17.7 Å². The van der Waals surface area contributed by atoms with Crippen LogP contribution in [0.1, 0.15) is 5.56 Å². The van der Waals surface area contributed by atoms with Crippen LogP contribution in [0.3, 0.4) is 0 Å². The fourth-order valence-electron chi connectivity index (χ4n) is 1.20. The van der Waals surface area contributed by atoms with E-state index in [1.807, 2.05) is 0 Å². The predicted octanol–water partition coefficient (Wildman–Crippen LogP) is 4.53. The van der Waals surface area contributed by atoms with Gasteiger partial charge in [-0.2, -0.15) is 13.2 Å². The molecule has 1 aromatic carbocycles. The van der Waals surface area contributed by atoms with Crippen LogP contribution in [-0.4, -0.2) is 18.3 Å². The van der Waals surface area contributed by atoms with Crippen molar-refractivity contribution in [1.82, 2.24) is 0 Å². The van der Waals surface area contributed by atoms with E-state index in [1.165, 1.54) is 24.3 Å². The zero-order valence-corrected chi connectivity index (χ0v) is 9.83. The average molecular weight is 321 g/mol. The number of benzene rings is 1. The number of halogens is 7. The van der Waals surface area contributed by atoms with Gasteiger partial charge in [0.05, 0.1) is 0 Å². The summed E-state index contributed by atoms with van der Waals surface area (Å²) in [5, 5.41) is 0. The molecule has 0 aliphatic rings. The van der Waals surface area contributed by atoms with Crippen LogP contribution in [0.15, 0.2) is 28.7 Å². The molecule has 0 heterocycles. The van der Waals surface area contributed by atoms with E-state index >= 15 is 0 Å². The van der Waals surface area contributed by atoms with Gasteiger partial charge in [0.25, 0.3) is 12.1 Å². The van der Waals surface area contributed by atoms with E-state index in [9.17, 15) is 26.3 Å². The van der Waals surface area contributed by atoms with Gasteiger partial charge >= 0.3 is 6.18 Å². The Morgan fingerprint density at radius 3 is 1.88 bits per heavy atom. The third kappa shape index (κ3) is 3.90. The molecule has 0 aliphatic heterocycles.